The highest BCUT2D eigenvalue weighted by atomic mass is 35.5. The minimum absolute atomic E-state index is 0.167. The molecule has 0 spiro atoms. The lowest BCUT2D eigenvalue weighted by molar-refractivity contribution is 0.0607. The molecule has 3 heterocycles. The van der Waals surface area contributed by atoms with Crippen molar-refractivity contribution in [2.24, 2.45) is 0 Å². The minimum Gasteiger partial charge on any atom is -0.484 e. The first-order valence-electron chi connectivity index (χ1n) is 13.9. The van der Waals surface area contributed by atoms with Gasteiger partial charge in [0.05, 0.1) is 17.3 Å². The van der Waals surface area contributed by atoms with Gasteiger partial charge in [-0.15, -0.1) is 0 Å². The largest absolute Gasteiger partial charge is 0.484 e. The summed E-state index contributed by atoms with van der Waals surface area (Å²) in [4.78, 5) is 19.1. The zero-order valence-corrected chi connectivity index (χ0v) is 22.3. The quantitative estimate of drug-likeness (QED) is 0.467. The van der Waals surface area contributed by atoms with Crippen LogP contribution in [0.25, 0.3) is 10.9 Å². The molecule has 6 rings (SSSR count). The van der Waals surface area contributed by atoms with Crippen molar-refractivity contribution in [3.05, 3.63) is 64.8 Å². The molecule has 0 saturated carbocycles. The smallest absolute Gasteiger partial charge is 0.182 e. The third-order valence-electron chi connectivity index (χ3n) is 8.29. The Balaban J connectivity index is 1.37. The van der Waals surface area contributed by atoms with E-state index in [-0.39, 0.29) is 17.9 Å². The molecule has 1 aromatic heterocycles. The molecule has 6 nitrogen and oxygen atoms in total. The van der Waals surface area contributed by atoms with Crippen molar-refractivity contribution in [2.45, 2.75) is 50.8 Å². The van der Waals surface area contributed by atoms with E-state index < -0.39 is 0 Å². The summed E-state index contributed by atoms with van der Waals surface area (Å²) in [5.74, 6) is 1.04. The average molecular weight is 521 g/mol. The lowest BCUT2D eigenvalue weighted by Gasteiger charge is -2.39. The third-order valence-corrected chi connectivity index (χ3v) is 8.54. The summed E-state index contributed by atoms with van der Waals surface area (Å²) in [6.07, 6.45) is 5.50. The maximum Gasteiger partial charge on any atom is 0.182 e. The number of para-hydroxylation sites is 1. The van der Waals surface area contributed by atoms with E-state index in [1.807, 2.05) is 24.3 Å². The summed E-state index contributed by atoms with van der Waals surface area (Å²) >= 11 is 6.16. The van der Waals surface area contributed by atoms with Gasteiger partial charge in [0.15, 0.2) is 5.78 Å². The number of likely N-dealkylation sites (tertiary alicyclic amines) is 1. The van der Waals surface area contributed by atoms with Gasteiger partial charge < -0.3 is 19.5 Å². The number of fused-ring (bicyclic) bond motifs is 3. The number of hydrogen-bond donors (Lipinski definition) is 1. The molecule has 0 amide bonds. The van der Waals surface area contributed by atoms with Crippen LogP contribution in [0.5, 0.6) is 5.75 Å². The van der Waals surface area contributed by atoms with Crippen molar-refractivity contribution in [3.8, 4) is 5.75 Å². The van der Waals surface area contributed by atoms with E-state index in [9.17, 15) is 4.79 Å². The van der Waals surface area contributed by atoms with Crippen molar-refractivity contribution >= 4 is 28.3 Å². The molecule has 2 fully saturated rings. The highest BCUT2D eigenvalue weighted by Gasteiger charge is 2.42. The number of halogens is 1. The van der Waals surface area contributed by atoms with Gasteiger partial charge in [-0.1, -0.05) is 36.2 Å². The first-order valence-corrected chi connectivity index (χ1v) is 14.3. The molecule has 1 unspecified atom stereocenters. The summed E-state index contributed by atoms with van der Waals surface area (Å²) in [6, 6.07) is 15.9. The summed E-state index contributed by atoms with van der Waals surface area (Å²) < 4.78 is 9.08. The molecule has 7 heteroatoms. The molecule has 0 radical (unpaired) electrons. The summed E-state index contributed by atoms with van der Waals surface area (Å²) in [5.41, 5.74) is 3.05. The van der Waals surface area contributed by atoms with E-state index in [1.165, 1.54) is 32.4 Å². The third kappa shape index (κ3) is 5.17. The number of piperazine rings is 1. The lowest BCUT2D eigenvalue weighted by Crippen LogP contribution is -2.53. The molecule has 2 aliphatic heterocycles. The van der Waals surface area contributed by atoms with E-state index in [0.717, 1.165) is 73.6 Å². The average Bonchev–Trinajstić information content (AvgIpc) is 3.27. The first kappa shape index (κ1) is 24.9. The molecule has 2 aromatic carbocycles. The van der Waals surface area contributed by atoms with E-state index in [4.69, 9.17) is 16.3 Å². The van der Waals surface area contributed by atoms with Gasteiger partial charge in [0.2, 0.25) is 0 Å². The highest BCUT2D eigenvalue weighted by Crippen LogP contribution is 2.41. The molecular formula is C30H37ClN4O2. The van der Waals surface area contributed by atoms with E-state index >= 15 is 0 Å². The van der Waals surface area contributed by atoms with Gasteiger partial charge in [-0.05, 0) is 69.2 Å². The normalized spacial score (nSPS) is 23.3. The topological polar surface area (TPSA) is 49.7 Å². The number of nitrogens with one attached hydrogen (secondary N) is 1. The van der Waals surface area contributed by atoms with Crippen LogP contribution in [0.3, 0.4) is 0 Å². The van der Waals surface area contributed by atoms with Crippen LogP contribution in [-0.4, -0.2) is 72.0 Å². The molecule has 1 aliphatic carbocycles. The Hall–Kier alpha value is -2.38. The van der Waals surface area contributed by atoms with Gasteiger partial charge in [-0.25, -0.2) is 0 Å². The SMILES string of the molecule is O=C1c2c(n(CCCN3CCCCC3)c3ccccc23)[C@H](Oc2ccc(Cl)cc2)CC1N1CCNCC1. The van der Waals surface area contributed by atoms with Crippen LogP contribution in [0.2, 0.25) is 5.02 Å². The number of ketones is 1. The number of Topliss-reactive ketones (excluding diaryl/α,β-unsaturated/α-hetero) is 1. The molecule has 0 bridgehead atoms. The van der Waals surface area contributed by atoms with Crippen molar-refractivity contribution < 1.29 is 9.53 Å². The van der Waals surface area contributed by atoms with Crippen LogP contribution in [-0.2, 0) is 6.54 Å². The molecular weight excluding hydrogens is 484 g/mol. The van der Waals surface area contributed by atoms with Gasteiger partial charge in [0.25, 0.3) is 0 Å². The molecule has 2 atom stereocenters. The van der Waals surface area contributed by atoms with Crippen molar-refractivity contribution in [1.82, 2.24) is 19.7 Å². The fourth-order valence-electron chi connectivity index (χ4n) is 6.47. The number of ether oxygens (including phenoxy) is 1. The standard InChI is InChI=1S/C30H37ClN4O2/c31-22-9-11-23(12-10-22)37-27-21-26(34-19-13-32-14-20-34)30(36)28-24-7-2-3-8-25(24)35(29(27)28)18-6-17-33-15-4-1-5-16-33/h2-3,7-12,26-27,32H,1,4-6,13-21H2/t26?,27-/m1/s1. The fourth-order valence-corrected chi connectivity index (χ4v) is 6.60. The summed E-state index contributed by atoms with van der Waals surface area (Å²) in [6.45, 7) is 7.99. The van der Waals surface area contributed by atoms with Gasteiger partial charge in [0, 0.05) is 55.1 Å². The Morgan fingerprint density at radius 1 is 0.919 bits per heavy atom. The lowest BCUT2D eigenvalue weighted by atomic mass is 9.86. The zero-order chi connectivity index (χ0) is 25.2. The highest BCUT2D eigenvalue weighted by molar-refractivity contribution is 6.30. The van der Waals surface area contributed by atoms with Gasteiger partial charge in [0.1, 0.15) is 11.9 Å². The van der Waals surface area contributed by atoms with Crippen LogP contribution in [0.4, 0.5) is 0 Å². The molecule has 1 N–H and O–H groups in total. The predicted octanol–water partition coefficient (Wildman–Crippen LogP) is 5.15. The number of hydrogen-bond acceptors (Lipinski definition) is 5. The molecule has 37 heavy (non-hydrogen) atoms. The van der Waals surface area contributed by atoms with Crippen LogP contribution >= 0.6 is 11.6 Å². The number of nitrogens with zero attached hydrogens (tertiary/aromatic N) is 3. The van der Waals surface area contributed by atoms with Crippen LogP contribution in [0, 0.1) is 0 Å². The second-order valence-electron chi connectivity index (χ2n) is 10.6. The number of carbonyl (C=O) groups is 1. The number of aryl methyl sites for hydroxylation is 1. The summed E-state index contributed by atoms with van der Waals surface area (Å²) in [5, 5.41) is 5.18. The van der Waals surface area contributed by atoms with Gasteiger partial charge in [-0.2, -0.15) is 0 Å². The number of piperidine rings is 1. The maximum atomic E-state index is 14.2. The first-order chi connectivity index (χ1) is 18.2. The van der Waals surface area contributed by atoms with E-state index in [2.05, 4.69) is 43.9 Å². The van der Waals surface area contributed by atoms with Gasteiger partial charge in [-0.3, -0.25) is 9.69 Å². The minimum atomic E-state index is -0.198. The maximum absolute atomic E-state index is 14.2. The van der Waals surface area contributed by atoms with Crippen molar-refractivity contribution in [3.63, 3.8) is 0 Å². The number of aromatic nitrogens is 1. The van der Waals surface area contributed by atoms with E-state index in [0.29, 0.717) is 11.4 Å². The Bertz CT molecular complexity index is 1230. The van der Waals surface area contributed by atoms with Gasteiger partial charge >= 0.3 is 0 Å². The Morgan fingerprint density at radius 3 is 2.46 bits per heavy atom. The predicted molar refractivity (Wildman–Crippen MR) is 149 cm³/mol. The number of benzene rings is 2. The van der Waals surface area contributed by atoms with Crippen LogP contribution < -0.4 is 10.1 Å². The Labute approximate surface area is 224 Å². The van der Waals surface area contributed by atoms with Crippen molar-refractivity contribution in [2.75, 3.05) is 45.8 Å². The summed E-state index contributed by atoms with van der Waals surface area (Å²) in [7, 11) is 0. The Morgan fingerprint density at radius 2 is 1.68 bits per heavy atom. The second kappa shape index (κ2) is 11.2. The Kier molecular flexibility index (Phi) is 7.52. The second-order valence-corrected chi connectivity index (χ2v) is 11.1. The monoisotopic (exact) mass is 520 g/mol. The molecule has 3 aliphatic rings. The van der Waals surface area contributed by atoms with Crippen LogP contribution in [0.1, 0.15) is 54.3 Å². The molecule has 2 saturated heterocycles. The molecule has 3 aromatic rings. The van der Waals surface area contributed by atoms with Crippen molar-refractivity contribution in [1.29, 1.82) is 0 Å². The number of rotatable bonds is 7. The van der Waals surface area contributed by atoms with Crippen LogP contribution in [0.15, 0.2) is 48.5 Å². The molecule has 196 valence electrons. The number of carbonyl (C=O) groups excluding carboxylic acids is 1. The zero-order valence-electron chi connectivity index (χ0n) is 21.5. The van der Waals surface area contributed by atoms with E-state index in [1.54, 1.807) is 0 Å². The fraction of sp³-hybridized carbons (Fsp3) is 0.500.